The zero-order valence-corrected chi connectivity index (χ0v) is 17.1. The molecule has 6 nitrogen and oxygen atoms in total. The van der Waals surface area contributed by atoms with Gasteiger partial charge in [0.2, 0.25) is 0 Å². The Morgan fingerprint density at radius 1 is 1.46 bits per heavy atom. The number of thioether (sulfide) groups is 1. The SMILES string of the molecule is C=CCn1c(SCC)nc2c(c1=O)C(C)(C)Cc1cc(OCC(=O)O)ccc1-2. The van der Waals surface area contributed by atoms with Crippen LogP contribution in [0.2, 0.25) is 0 Å². The van der Waals surface area contributed by atoms with Crippen LogP contribution in [0.15, 0.2) is 40.8 Å². The lowest BCUT2D eigenvalue weighted by Gasteiger charge is -2.33. The summed E-state index contributed by atoms with van der Waals surface area (Å²) in [6.07, 6.45) is 2.36. The Morgan fingerprint density at radius 2 is 2.21 bits per heavy atom. The quantitative estimate of drug-likeness (QED) is 0.435. The predicted molar refractivity (Wildman–Crippen MR) is 110 cm³/mol. The summed E-state index contributed by atoms with van der Waals surface area (Å²) in [5.41, 5.74) is 2.89. The van der Waals surface area contributed by atoms with Crippen molar-refractivity contribution in [2.45, 2.75) is 44.3 Å². The van der Waals surface area contributed by atoms with Crippen LogP contribution in [0, 0.1) is 0 Å². The number of benzene rings is 1. The fraction of sp³-hybridized carbons (Fsp3) is 0.381. The highest BCUT2D eigenvalue weighted by Gasteiger charge is 2.36. The second-order valence-electron chi connectivity index (χ2n) is 7.32. The normalized spacial score (nSPS) is 14.1. The summed E-state index contributed by atoms with van der Waals surface area (Å²) >= 11 is 1.53. The molecule has 3 rings (SSSR count). The monoisotopic (exact) mass is 400 g/mol. The topological polar surface area (TPSA) is 81.4 Å². The maximum atomic E-state index is 13.3. The van der Waals surface area contributed by atoms with Gasteiger partial charge in [0.1, 0.15) is 5.75 Å². The van der Waals surface area contributed by atoms with Crippen LogP contribution in [0.25, 0.3) is 11.3 Å². The Bertz CT molecular complexity index is 995. The van der Waals surface area contributed by atoms with Gasteiger partial charge >= 0.3 is 5.97 Å². The summed E-state index contributed by atoms with van der Waals surface area (Å²) in [4.78, 5) is 29.0. The highest BCUT2D eigenvalue weighted by atomic mass is 32.2. The van der Waals surface area contributed by atoms with Gasteiger partial charge in [-0.05, 0) is 35.9 Å². The van der Waals surface area contributed by atoms with Crippen molar-refractivity contribution in [3.63, 3.8) is 0 Å². The van der Waals surface area contributed by atoms with Crippen LogP contribution in [-0.4, -0.2) is 33.0 Å². The third-order valence-electron chi connectivity index (χ3n) is 4.72. The van der Waals surface area contributed by atoms with E-state index in [0.717, 1.165) is 16.9 Å². The number of hydrogen-bond donors (Lipinski definition) is 1. The minimum Gasteiger partial charge on any atom is -0.482 e. The molecule has 148 valence electrons. The number of allylic oxidation sites excluding steroid dienone is 1. The van der Waals surface area contributed by atoms with Gasteiger partial charge in [-0.1, -0.05) is 38.6 Å². The van der Waals surface area contributed by atoms with Gasteiger partial charge in [-0.15, -0.1) is 6.58 Å². The molecule has 1 aliphatic carbocycles. The van der Waals surface area contributed by atoms with Crippen LogP contribution < -0.4 is 10.3 Å². The third kappa shape index (κ3) is 3.71. The molecule has 1 N–H and O–H groups in total. The smallest absolute Gasteiger partial charge is 0.341 e. The van der Waals surface area contributed by atoms with Crippen LogP contribution in [0.5, 0.6) is 5.75 Å². The van der Waals surface area contributed by atoms with Crippen molar-refractivity contribution in [3.8, 4) is 17.0 Å². The number of ether oxygens (including phenoxy) is 1. The number of carboxylic acid groups (broad SMARTS) is 1. The number of rotatable bonds is 7. The van der Waals surface area contributed by atoms with Crippen LogP contribution in [0.4, 0.5) is 0 Å². The van der Waals surface area contributed by atoms with Gasteiger partial charge in [0, 0.05) is 23.1 Å². The van der Waals surface area contributed by atoms with Crippen molar-refractivity contribution in [2.75, 3.05) is 12.4 Å². The third-order valence-corrected chi connectivity index (χ3v) is 5.58. The van der Waals surface area contributed by atoms with Crippen LogP contribution >= 0.6 is 11.8 Å². The summed E-state index contributed by atoms with van der Waals surface area (Å²) in [7, 11) is 0. The van der Waals surface area contributed by atoms with Crippen molar-refractivity contribution in [1.29, 1.82) is 0 Å². The van der Waals surface area contributed by atoms with E-state index < -0.39 is 11.4 Å². The average molecular weight is 401 g/mol. The molecular formula is C21H24N2O4S. The van der Waals surface area contributed by atoms with E-state index in [1.54, 1.807) is 16.7 Å². The van der Waals surface area contributed by atoms with Crippen LogP contribution in [-0.2, 0) is 23.2 Å². The first-order valence-corrected chi connectivity index (χ1v) is 10.1. The number of fused-ring (bicyclic) bond motifs is 3. The fourth-order valence-corrected chi connectivity index (χ4v) is 4.34. The lowest BCUT2D eigenvalue weighted by Crippen LogP contribution is -2.38. The molecule has 1 aromatic carbocycles. The first-order valence-electron chi connectivity index (χ1n) is 9.15. The van der Waals surface area contributed by atoms with E-state index in [0.29, 0.717) is 35.1 Å². The molecule has 28 heavy (non-hydrogen) atoms. The van der Waals surface area contributed by atoms with E-state index in [1.165, 1.54) is 11.8 Å². The van der Waals surface area contributed by atoms with Gasteiger partial charge in [-0.25, -0.2) is 9.78 Å². The largest absolute Gasteiger partial charge is 0.482 e. The maximum Gasteiger partial charge on any atom is 0.341 e. The summed E-state index contributed by atoms with van der Waals surface area (Å²) < 4.78 is 7.02. The number of aliphatic carboxylic acids is 1. The van der Waals surface area contributed by atoms with Crippen molar-refractivity contribution in [2.24, 2.45) is 0 Å². The molecule has 0 radical (unpaired) electrons. The van der Waals surface area contributed by atoms with Crippen molar-refractivity contribution in [3.05, 3.63) is 52.3 Å². The van der Waals surface area contributed by atoms with Crippen molar-refractivity contribution < 1.29 is 14.6 Å². The van der Waals surface area contributed by atoms with Crippen LogP contribution in [0.1, 0.15) is 31.9 Å². The predicted octanol–water partition coefficient (Wildman–Crippen LogP) is 3.51. The fourth-order valence-electron chi connectivity index (χ4n) is 3.62. The summed E-state index contributed by atoms with van der Waals surface area (Å²) in [6, 6.07) is 5.45. The molecule has 0 saturated heterocycles. The minimum atomic E-state index is -1.02. The molecule has 0 unspecified atom stereocenters. The van der Waals surface area contributed by atoms with Gasteiger partial charge in [-0.2, -0.15) is 0 Å². The Labute approximate surface area is 168 Å². The number of nitrogens with zero attached hydrogens (tertiary/aromatic N) is 2. The second kappa shape index (κ2) is 7.83. The number of aromatic nitrogens is 2. The molecule has 0 atom stereocenters. The van der Waals surface area contributed by atoms with E-state index in [4.69, 9.17) is 14.8 Å². The van der Waals surface area contributed by atoms with E-state index in [1.807, 2.05) is 32.9 Å². The Morgan fingerprint density at radius 3 is 2.86 bits per heavy atom. The molecule has 0 fully saturated rings. The molecule has 7 heteroatoms. The first kappa shape index (κ1) is 20.2. The number of carbonyl (C=O) groups is 1. The van der Waals surface area contributed by atoms with E-state index in [2.05, 4.69) is 6.58 Å². The Kier molecular flexibility index (Phi) is 5.65. The van der Waals surface area contributed by atoms with Crippen LogP contribution in [0.3, 0.4) is 0 Å². The molecule has 0 saturated carbocycles. The summed E-state index contributed by atoms with van der Waals surface area (Å²) in [5.74, 6) is 0.290. The molecule has 0 amide bonds. The van der Waals surface area contributed by atoms with Gasteiger partial charge in [0.05, 0.1) is 5.69 Å². The Hall–Kier alpha value is -2.54. The molecule has 1 aromatic heterocycles. The zero-order chi connectivity index (χ0) is 20.5. The van der Waals surface area contributed by atoms with Crippen molar-refractivity contribution in [1.82, 2.24) is 9.55 Å². The van der Waals surface area contributed by atoms with Gasteiger partial charge in [0.25, 0.3) is 5.56 Å². The lowest BCUT2D eigenvalue weighted by molar-refractivity contribution is -0.139. The molecule has 0 spiro atoms. The zero-order valence-electron chi connectivity index (χ0n) is 16.3. The summed E-state index contributed by atoms with van der Waals surface area (Å²) in [6.45, 7) is 9.90. The standard InChI is InChI=1S/C21H24N2O4S/c1-5-9-23-19(26)17-18(22-20(23)28-6-2)15-8-7-14(27-12-16(24)25)10-13(15)11-21(17,3)4/h5,7-8,10H,1,6,9,11-12H2,2-4H3,(H,24,25). The second-order valence-corrected chi connectivity index (χ2v) is 8.55. The van der Waals surface area contributed by atoms with Gasteiger partial charge in [0.15, 0.2) is 11.8 Å². The number of carboxylic acids is 1. The highest BCUT2D eigenvalue weighted by Crippen LogP contribution is 2.42. The number of hydrogen-bond acceptors (Lipinski definition) is 5. The summed E-state index contributed by atoms with van der Waals surface area (Å²) in [5, 5.41) is 9.51. The maximum absolute atomic E-state index is 13.3. The highest BCUT2D eigenvalue weighted by molar-refractivity contribution is 7.99. The average Bonchev–Trinajstić information content (AvgIpc) is 2.62. The molecule has 0 aliphatic heterocycles. The molecule has 1 aliphatic rings. The van der Waals surface area contributed by atoms with E-state index >= 15 is 0 Å². The minimum absolute atomic E-state index is 0.0253. The lowest BCUT2D eigenvalue weighted by atomic mass is 9.72. The molecule has 2 aromatic rings. The van der Waals surface area contributed by atoms with E-state index in [-0.39, 0.29) is 12.2 Å². The van der Waals surface area contributed by atoms with Gasteiger partial charge < -0.3 is 9.84 Å². The molecule has 0 bridgehead atoms. The van der Waals surface area contributed by atoms with Crippen molar-refractivity contribution >= 4 is 17.7 Å². The first-order chi connectivity index (χ1) is 13.3. The molecular weight excluding hydrogens is 376 g/mol. The molecule has 1 heterocycles. The van der Waals surface area contributed by atoms with E-state index in [9.17, 15) is 9.59 Å². The van der Waals surface area contributed by atoms with Gasteiger partial charge in [-0.3, -0.25) is 9.36 Å². The Balaban J connectivity index is 2.19.